The summed E-state index contributed by atoms with van der Waals surface area (Å²) in [6, 6.07) is 5.70. The lowest BCUT2D eigenvalue weighted by molar-refractivity contribution is -0.119. The van der Waals surface area contributed by atoms with Crippen LogP contribution in [-0.2, 0) is 4.79 Å². The summed E-state index contributed by atoms with van der Waals surface area (Å²) in [5.74, 6) is 0.231. The highest BCUT2D eigenvalue weighted by Crippen LogP contribution is 2.25. The largest absolute Gasteiger partial charge is 0.399 e. The van der Waals surface area contributed by atoms with Crippen molar-refractivity contribution in [2.45, 2.75) is 26.2 Å². The molecule has 0 bridgehead atoms. The van der Waals surface area contributed by atoms with E-state index in [1.807, 2.05) is 30.0 Å². The van der Waals surface area contributed by atoms with Gasteiger partial charge in [0.05, 0.1) is 0 Å². The summed E-state index contributed by atoms with van der Waals surface area (Å²) in [6.07, 6.45) is 2.78. The summed E-state index contributed by atoms with van der Waals surface area (Å²) in [4.78, 5) is 13.6. The summed E-state index contributed by atoms with van der Waals surface area (Å²) in [6.45, 7) is 2.83. The Morgan fingerprint density at radius 2 is 2.13 bits per heavy atom. The molecule has 1 aliphatic heterocycles. The van der Waals surface area contributed by atoms with Crippen molar-refractivity contribution in [1.82, 2.24) is 0 Å². The van der Waals surface area contributed by atoms with Crippen LogP contribution in [0.5, 0.6) is 0 Å². The molecular formula is C12H16N2O. The van der Waals surface area contributed by atoms with Crippen molar-refractivity contribution < 1.29 is 4.79 Å². The van der Waals surface area contributed by atoms with Crippen LogP contribution in [-0.4, -0.2) is 12.5 Å². The molecule has 1 amide bonds. The molecule has 0 aliphatic carbocycles. The molecule has 0 saturated carbocycles. The zero-order chi connectivity index (χ0) is 10.8. The number of rotatable bonds is 1. The lowest BCUT2D eigenvalue weighted by Gasteiger charge is -2.28. The molecule has 2 rings (SSSR count). The third kappa shape index (κ3) is 1.96. The van der Waals surface area contributed by atoms with E-state index in [-0.39, 0.29) is 5.91 Å². The first kappa shape index (κ1) is 10.0. The summed E-state index contributed by atoms with van der Waals surface area (Å²) < 4.78 is 0. The molecule has 1 aromatic carbocycles. The first-order valence-corrected chi connectivity index (χ1v) is 5.35. The van der Waals surface area contributed by atoms with E-state index in [9.17, 15) is 4.79 Å². The maximum absolute atomic E-state index is 11.7. The lowest BCUT2D eigenvalue weighted by Crippen LogP contribution is -2.35. The Morgan fingerprint density at radius 3 is 2.80 bits per heavy atom. The molecule has 0 radical (unpaired) electrons. The number of anilines is 2. The van der Waals surface area contributed by atoms with Gasteiger partial charge in [-0.1, -0.05) is 0 Å². The average molecular weight is 204 g/mol. The van der Waals surface area contributed by atoms with Gasteiger partial charge >= 0.3 is 0 Å². The number of nitrogens with two attached hydrogens (primary N) is 1. The van der Waals surface area contributed by atoms with E-state index in [0.29, 0.717) is 6.42 Å². The molecule has 0 atom stereocenters. The van der Waals surface area contributed by atoms with Crippen LogP contribution in [0.3, 0.4) is 0 Å². The number of piperidine rings is 1. The Hall–Kier alpha value is -1.51. The molecule has 0 spiro atoms. The van der Waals surface area contributed by atoms with E-state index in [4.69, 9.17) is 5.73 Å². The van der Waals surface area contributed by atoms with Crippen LogP contribution in [0.1, 0.15) is 24.8 Å². The number of nitrogen functional groups attached to an aromatic ring is 1. The summed E-state index contributed by atoms with van der Waals surface area (Å²) in [7, 11) is 0. The van der Waals surface area contributed by atoms with E-state index in [1.165, 1.54) is 0 Å². The molecule has 80 valence electrons. The predicted molar refractivity (Wildman–Crippen MR) is 61.8 cm³/mol. The summed E-state index contributed by atoms with van der Waals surface area (Å²) in [5, 5.41) is 0. The van der Waals surface area contributed by atoms with Gasteiger partial charge in [0, 0.05) is 24.3 Å². The van der Waals surface area contributed by atoms with Crippen LogP contribution in [0.2, 0.25) is 0 Å². The van der Waals surface area contributed by atoms with Crippen molar-refractivity contribution in [2.24, 2.45) is 0 Å². The maximum atomic E-state index is 11.7. The maximum Gasteiger partial charge on any atom is 0.226 e. The molecule has 3 nitrogen and oxygen atoms in total. The topological polar surface area (TPSA) is 46.3 Å². The minimum absolute atomic E-state index is 0.231. The molecule has 15 heavy (non-hydrogen) atoms. The number of carbonyl (C=O) groups is 1. The van der Waals surface area contributed by atoms with Crippen molar-refractivity contribution in [3.8, 4) is 0 Å². The second-order valence-corrected chi connectivity index (χ2v) is 4.05. The Bertz CT molecular complexity index is 387. The monoisotopic (exact) mass is 204 g/mol. The summed E-state index contributed by atoms with van der Waals surface area (Å²) >= 11 is 0. The first-order chi connectivity index (χ1) is 7.18. The number of carbonyl (C=O) groups excluding carboxylic acids is 1. The molecule has 1 fully saturated rings. The third-order valence-corrected chi connectivity index (χ3v) is 2.84. The van der Waals surface area contributed by atoms with Gasteiger partial charge < -0.3 is 10.6 Å². The second kappa shape index (κ2) is 3.93. The fourth-order valence-corrected chi connectivity index (χ4v) is 2.04. The highest BCUT2D eigenvalue weighted by Gasteiger charge is 2.20. The van der Waals surface area contributed by atoms with Crippen LogP contribution in [0.4, 0.5) is 11.4 Å². The van der Waals surface area contributed by atoms with Crippen molar-refractivity contribution in [3.05, 3.63) is 23.8 Å². The smallest absolute Gasteiger partial charge is 0.226 e. The normalized spacial score (nSPS) is 16.9. The number of hydrogen-bond acceptors (Lipinski definition) is 2. The number of amides is 1. The fraction of sp³-hybridized carbons (Fsp3) is 0.417. The molecule has 1 heterocycles. The van der Waals surface area contributed by atoms with E-state index in [2.05, 4.69) is 0 Å². The van der Waals surface area contributed by atoms with Crippen LogP contribution in [0, 0.1) is 6.92 Å². The zero-order valence-electron chi connectivity index (χ0n) is 8.99. The van der Waals surface area contributed by atoms with Gasteiger partial charge in [0.1, 0.15) is 0 Å². The molecule has 0 unspecified atom stereocenters. The van der Waals surface area contributed by atoms with E-state index >= 15 is 0 Å². The Labute approximate surface area is 89.9 Å². The third-order valence-electron chi connectivity index (χ3n) is 2.84. The number of aryl methyl sites for hydroxylation is 1. The first-order valence-electron chi connectivity index (χ1n) is 5.35. The molecule has 3 heteroatoms. The standard InChI is InChI=1S/C12H16N2O/c1-9-8-10(13)5-6-11(9)14-7-3-2-4-12(14)15/h5-6,8H,2-4,7,13H2,1H3. The lowest BCUT2D eigenvalue weighted by atomic mass is 10.1. The van der Waals surface area contributed by atoms with Crippen LogP contribution in [0.15, 0.2) is 18.2 Å². The van der Waals surface area contributed by atoms with Gasteiger partial charge in [-0.3, -0.25) is 4.79 Å². The Morgan fingerprint density at radius 1 is 1.33 bits per heavy atom. The van der Waals surface area contributed by atoms with Gasteiger partial charge in [-0.15, -0.1) is 0 Å². The number of hydrogen-bond donors (Lipinski definition) is 1. The van der Waals surface area contributed by atoms with E-state index in [1.54, 1.807) is 0 Å². The predicted octanol–water partition coefficient (Wildman–Crippen LogP) is 2.09. The SMILES string of the molecule is Cc1cc(N)ccc1N1CCCCC1=O. The second-order valence-electron chi connectivity index (χ2n) is 4.05. The van der Waals surface area contributed by atoms with Gasteiger partial charge in [0.25, 0.3) is 0 Å². The van der Waals surface area contributed by atoms with Crippen LogP contribution in [0.25, 0.3) is 0 Å². The highest BCUT2D eigenvalue weighted by atomic mass is 16.2. The van der Waals surface area contributed by atoms with Gasteiger partial charge in [0.2, 0.25) is 5.91 Å². The van der Waals surface area contributed by atoms with E-state index in [0.717, 1.165) is 36.3 Å². The minimum Gasteiger partial charge on any atom is -0.399 e. The molecular weight excluding hydrogens is 188 g/mol. The Kier molecular flexibility index (Phi) is 2.62. The van der Waals surface area contributed by atoms with Crippen molar-refractivity contribution in [1.29, 1.82) is 0 Å². The molecule has 1 aliphatic rings. The van der Waals surface area contributed by atoms with Crippen molar-refractivity contribution in [2.75, 3.05) is 17.2 Å². The van der Waals surface area contributed by atoms with Crippen molar-refractivity contribution in [3.63, 3.8) is 0 Å². The number of nitrogens with zero attached hydrogens (tertiary/aromatic N) is 1. The molecule has 1 aromatic rings. The van der Waals surface area contributed by atoms with Gasteiger partial charge in [-0.2, -0.15) is 0 Å². The summed E-state index contributed by atoms with van der Waals surface area (Å²) in [5.41, 5.74) is 8.52. The van der Waals surface area contributed by atoms with Crippen molar-refractivity contribution >= 4 is 17.3 Å². The zero-order valence-corrected chi connectivity index (χ0v) is 8.99. The molecule has 2 N–H and O–H groups in total. The van der Waals surface area contributed by atoms with Gasteiger partial charge in [-0.05, 0) is 43.5 Å². The van der Waals surface area contributed by atoms with Crippen LogP contribution < -0.4 is 10.6 Å². The number of benzene rings is 1. The van der Waals surface area contributed by atoms with Crippen LogP contribution >= 0.6 is 0 Å². The van der Waals surface area contributed by atoms with E-state index < -0.39 is 0 Å². The average Bonchev–Trinajstić information content (AvgIpc) is 2.20. The minimum atomic E-state index is 0.231. The molecule has 1 saturated heterocycles. The Balaban J connectivity index is 2.31. The quantitative estimate of drug-likeness (QED) is 0.712. The van der Waals surface area contributed by atoms with Gasteiger partial charge in [0.15, 0.2) is 0 Å². The fourth-order valence-electron chi connectivity index (χ4n) is 2.04. The molecule has 0 aromatic heterocycles. The highest BCUT2D eigenvalue weighted by molar-refractivity contribution is 5.94. The van der Waals surface area contributed by atoms with Gasteiger partial charge in [-0.25, -0.2) is 0 Å².